The molecule has 1 aromatic heterocycles. The van der Waals surface area contributed by atoms with E-state index < -0.39 is 0 Å². The van der Waals surface area contributed by atoms with Gasteiger partial charge in [-0.05, 0) is 66.8 Å². The van der Waals surface area contributed by atoms with E-state index in [1.54, 1.807) is 6.07 Å². The van der Waals surface area contributed by atoms with E-state index in [4.69, 9.17) is 27.9 Å². The third-order valence-electron chi connectivity index (χ3n) is 5.65. The SMILES string of the molecule is Cc1cc(OCC(=O)Nc2ccc(N3CCN(C(=O)c4cccs4)CC3)c(Cl)c2)cc(C)c1Cl. The Morgan fingerprint density at radius 1 is 1.03 bits per heavy atom. The number of nitrogens with zero attached hydrogens (tertiary/aromatic N) is 2. The number of rotatable bonds is 6. The Kier molecular flexibility index (Phi) is 7.66. The zero-order valence-electron chi connectivity index (χ0n) is 18.9. The molecule has 178 valence electrons. The highest BCUT2D eigenvalue weighted by atomic mass is 35.5. The van der Waals surface area contributed by atoms with Crippen LogP contribution in [0.3, 0.4) is 0 Å². The topological polar surface area (TPSA) is 61.9 Å². The number of thiophene rings is 1. The smallest absolute Gasteiger partial charge is 0.264 e. The van der Waals surface area contributed by atoms with Gasteiger partial charge in [0.1, 0.15) is 5.75 Å². The lowest BCUT2D eigenvalue weighted by Gasteiger charge is -2.36. The summed E-state index contributed by atoms with van der Waals surface area (Å²) in [6.45, 7) is 6.31. The zero-order chi connectivity index (χ0) is 24.2. The van der Waals surface area contributed by atoms with Gasteiger partial charge in [0.2, 0.25) is 0 Å². The average molecular weight is 518 g/mol. The van der Waals surface area contributed by atoms with Gasteiger partial charge in [0.25, 0.3) is 11.8 Å². The minimum absolute atomic E-state index is 0.0740. The normalized spacial score (nSPS) is 13.6. The molecule has 1 aliphatic rings. The van der Waals surface area contributed by atoms with Gasteiger partial charge in [-0.15, -0.1) is 11.3 Å². The van der Waals surface area contributed by atoms with Crippen LogP contribution >= 0.6 is 34.5 Å². The molecule has 0 unspecified atom stereocenters. The third-order valence-corrected chi connectivity index (χ3v) is 7.41. The molecule has 9 heteroatoms. The Morgan fingerprint density at radius 3 is 2.35 bits per heavy atom. The Morgan fingerprint density at radius 2 is 1.74 bits per heavy atom. The van der Waals surface area contributed by atoms with E-state index in [1.807, 2.05) is 60.5 Å². The maximum Gasteiger partial charge on any atom is 0.264 e. The van der Waals surface area contributed by atoms with E-state index in [9.17, 15) is 9.59 Å². The molecule has 4 rings (SSSR count). The molecule has 3 aromatic rings. The fraction of sp³-hybridized carbons (Fsp3) is 0.280. The van der Waals surface area contributed by atoms with Gasteiger partial charge >= 0.3 is 0 Å². The summed E-state index contributed by atoms with van der Waals surface area (Å²) in [5, 5.41) is 5.97. The van der Waals surface area contributed by atoms with Crippen LogP contribution in [0.25, 0.3) is 0 Å². The number of anilines is 2. The van der Waals surface area contributed by atoms with Gasteiger partial charge in [-0.25, -0.2) is 0 Å². The Bertz CT molecular complexity index is 1170. The van der Waals surface area contributed by atoms with Gasteiger partial charge in [-0.1, -0.05) is 29.3 Å². The van der Waals surface area contributed by atoms with Gasteiger partial charge in [-0.2, -0.15) is 0 Å². The third kappa shape index (κ3) is 5.66. The van der Waals surface area contributed by atoms with Crippen molar-refractivity contribution in [3.05, 3.63) is 73.9 Å². The molecule has 6 nitrogen and oxygen atoms in total. The van der Waals surface area contributed by atoms with Gasteiger partial charge < -0.3 is 19.9 Å². The van der Waals surface area contributed by atoms with Crippen molar-refractivity contribution < 1.29 is 14.3 Å². The molecule has 2 heterocycles. The predicted molar refractivity (Wildman–Crippen MR) is 139 cm³/mol. The largest absolute Gasteiger partial charge is 0.484 e. The van der Waals surface area contributed by atoms with Crippen molar-refractivity contribution in [2.45, 2.75) is 13.8 Å². The first-order valence-corrected chi connectivity index (χ1v) is 12.5. The number of piperazine rings is 1. The number of carbonyl (C=O) groups is 2. The second-order valence-electron chi connectivity index (χ2n) is 8.13. The first-order chi connectivity index (χ1) is 16.3. The summed E-state index contributed by atoms with van der Waals surface area (Å²) in [4.78, 5) is 29.7. The molecule has 0 saturated carbocycles. The number of hydrogen-bond acceptors (Lipinski definition) is 5. The number of carbonyl (C=O) groups excluding carboxylic acids is 2. The molecule has 2 aromatic carbocycles. The highest BCUT2D eigenvalue weighted by Gasteiger charge is 2.24. The maximum absolute atomic E-state index is 12.5. The second-order valence-corrected chi connectivity index (χ2v) is 9.86. The quantitative estimate of drug-likeness (QED) is 0.458. The van der Waals surface area contributed by atoms with E-state index in [1.165, 1.54) is 11.3 Å². The first-order valence-electron chi connectivity index (χ1n) is 10.9. The van der Waals surface area contributed by atoms with Gasteiger partial charge in [0, 0.05) is 36.9 Å². The lowest BCUT2D eigenvalue weighted by atomic mass is 10.1. The molecule has 1 saturated heterocycles. The summed E-state index contributed by atoms with van der Waals surface area (Å²) in [6.07, 6.45) is 0. The number of aryl methyl sites for hydroxylation is 2. The molecule has 1 aliphatic heterocycles. The van der Waals surface area contributed by atoms with Crippen molar-refractivity contribution in [3.63, 3.8) is 0 Å². The summed E-state index contributed by atoms with van der Waals surface area (Å²) in [5.74, 6) is 0.388. The number of halogens is 2. The fourth-order valence-electron chi connectivity index (χ4n) is 3.88. The van der Waals surface area contributed by atoms with Crippen LogP contribution < -0.4 is 15.0 Å². The molecule has 0 atom stereocenters. The Labute approximate surface area is 213 Å². The van der Waals surface area contributed by atoms with Gasteiger partial charge in [0.15, 0.2) is 6.61 Å². The number of benzene rings is 2. The predicted octanol–water partition coefficient (Wildman–Crippen LogP) is 5.65. The van der Waals surface area contributed by atoms with Crippen molar-refractivity contribution in [3.8, 4) is 5.75 Å². The van der Waals surface area contributed by atoms with Crippen molar-refractivity contribution in [2.24, 2.45) is 0 Å². The van der Waals surface area contributed by atoms with E-state index in [-0.39, 0.29) is 18.4 Å². The number of ether oxygens (including phenoxy) is 1. The van der Waals surface area contributed by atoms with Crippen LogP contribution in [0.1, 0.15) is 20.8 Å². The molecule has 1 N–H and O–H groups in total. The minimum atomic E-state index is -0.283. The van der Waals surface area contributed by atoms with Crippen molar-refractivity contribution in [2.75, 3.05) is 43.0 Å². The summed E-state index contributed by atoms with van der Waals surface area (Å²) < 4.78 is 5.62. The van der Waals surface area contributed by atoms with Crippen molar-refractivity contribution in [1.29, 1.82) is 0 Å². The summed E-state index contributed by atoms with van der Waals surface area (Å²) in [6, 6.07) is 12.8. The molecule has 0 bridgehead atoms. The van der Waals surface area contributed by atoms with Crippen LogP contribution in [0.15, 0.2) is 47.8 Å². The van der Waals surface area contributed by atoms with E-state index >= 15 is 0 Å². The maximum atomic E-state index is 12.5. The van der Waals surface area contributed by atoms with Gasteiger partial charge in [-0.3, -0.25) is 9.59 Å². The van der Waals surface area contributed by atoms with Gasteiger partial charge in [0.05, 0.1) is 15.6 Å². The van der Waals surface area contributed by atoms with Crippen LogP contribution in [-0.4, -0.2) is 49.5 Å². The summed E-state index contributed by atoms with van der Waals surface area (Å²) >= 11 is 14.2. The fourth-order valence-corrected chi connectivity index (χ4v) is 4.98. The van der Waals surface area contributed by atoms with E-state index in [2.05, 4.69) is 10.2 Å². The number of amides is 2. The highest BCUT2D eigenvalue weighted by Crippen LogP contribution is 2.30. The highest BCUT2D eigenvalue weighted by molar-refractivity contribution is 7.12. The lowest BCUT2D eigenvalue weighted by Crippen LogP contribution is -2.48. The molecule has 2 amide bonds. The lowest BCUT2D eigenvalue weighted by molar-refractivity contribution is -0.118. The zero-order valence-corrected chi connectivity index (χ0v) is 21.3. The molecular weight excluding hydrogens is 493 g/mol. The second kappa shape index (κ2) is 10.7. The van der Waals surface area contributed by atoms with Crippen molar-refractivity contribution in [1.82, 2.24) is 4.90 Å². The van der Waals surface area contributed by atoms with Crippen LogP contribution in [-0.2, 0) is 4.79 Å². The monoisotopic (exact) mass is 517 g/mol. The molecule has 0 radical (unpaired) electrons. The molecule has 0 spiro atoms. The Balaban J connectivity index is 1.31. The minimum Gasteiger partial charge on any atom is -0.484 e. The first kappa shape index (κ1) is 24.4. The molecule has 0 aliphatic carbocycles. The molecular formula is C25H25Cl2N3O3S. The summed E-state index contributed by atoms with van der Waals surface area (Å²) in [7, 11) is 0. The Hall–Kier alpha value is -2.74. The van der Waals surface area contributed by atoms with Crippen LogP contribution in [0.5, 0.6) is 5.75 Å². The van der Waals surface area contributed by atoms with Crippen LogP contribution in [0, 0.1) is 13.8 Å². The average Bonchev–Trinajstić information content (AvgIpc) is 3.36. The van der Waals surface area contributed by atoms with Crippen LogP contribution in [0.2, 0.25) is 10.0 Å². The summed E-state index contributed by atoms with van der Waals surface area (Å²) in [5.41, 5.74) is 3.27. The van der Waals surface area contributed by atoms with E-state index in [0.29, 0.717) is 47.7 Å². The van der Waals surface area contributed by atoms with E-state index in [0.717, 1.165) is 21.7 Å². The number of hydrogen-bond donors (Lipinski definition) is 1. The van der Waals surface area contributed by atoms with Crippen molar-refractivity contribution >= 4 is 57.7 Å². The molecule has 1 fully saturated rings. The molecule has 34 heavy (non-hydrogen) atoms. The number of nitrogens with one attached hydrogen (secondary N) is 1. The van der Waals surface area contributed by atoms with Crippen LogP contribution in [0.4, 0.5) is 11.4 Å². The standard InChI is InChI=1S/C25H25Cl2N3O3S/c1-16-12-19(13-17(2)24(16)27)33-15-23(31)28-18-5-6-21(20(26)14-18)29-7-9-30(10-8-29)25(32)22-4-3-11-34-22/h3-6,11-14H,7-10,15H2,1-2H3,(H,28,31).